The molecule has 0 radical (unpaired) electrons. The minimum Gasteiger partial charge on any atom is -0.508 e. The number of fused-ring (bicyclic) bond motifs is 1. The summed E-state index contributed by atoms with van der Waals surface area (Å²) >= 11 is 0. The van der Waals surface area contributed by atoms with Gasteiger partial charge in [0.15, 0.2) is 5.76 Å². The minimum atomic E-state index is -1.74. The molecule has 2 fully saturated rings. The van der Waals surface area contributed by atoms with Crippen molar-refractivity contribution in [2.75, 3.05) is 6.61 Å². The number of phenols is 2. The van der Waals surface area contributed by atoms with Gasteiger partial charge in [-0.25, -0.2) is 0 Å². The zero-order valence-electron chi connectivity index (χ0n) is 20.9. The quantitative estimate of drug-likeness (QED) is 0.184. The average molecular weight is 564 g/mol. The highest BCUT2D eigenvalue weighted by Gasteiger charge is 2.43. The van der Waals surface area contributed by atoms with Crippen LogP contribution >= 0.6 is 0 Å². The van der Waals surface area contributed by atoms with Crippen LogP contribution in [-0.2, 0) is 9.47 Å². The van der Waals surface area contributed by atoms with Crippen molar-refractivity contribution < 1.29 is 64.2 Å². The van der Waals surface area contributed by atoms with Crippen molar-refractivity contribution in [2.24, 2.45) is 0 Å². The van der Waals surface area contributed by atoms with Crippen LogP contribution in [0, 0.1) is 0 Å². The Kier molecular flexibility index (Phi) is 7.60. The minimum absolute atomic E-state index is 0.0848. The lowest BCUT2D eigenvalue weighted by atomic mass is 10.00. The Morgan fingerprint density at radius 1 is 0.825 bits per heavy atom. The summed E-state index contributed by atoms with van der Waals surface area (Å²) in [5.74, 6) is -1.54. The summed E-state index contributed by atoms with van der Waals surface area (Å²) in [6.45, 7) is 1.06. The van der Waals surface area contributed by atoms with E-state index in [-0.39, 0.29) is 33.8 Å². The molecule has 0 spiro atoms. The maximum atomic E-state index is 13.6. The zero-order valence-corrected chi connectivity index (χ0v) is 20.9. The lowest BCUT2D eigenvalue weighted by Gasteiger charge is -2.38. The van der Waals surface area contributed by atoms with Gasteiger partial charge in [-0.05, 0) is 31.2 Å². The van der Waals surface area contributed by atoms with E-state index < -0.39 is 78.8 Å². The van der Waals surface area contributed by atoms with E-state index in [1.807, 2.05) is 0 Å². The van der Waals surface area contributed by atoms with Crippen LogP contribution in [0.4, 0.5) is 0 Å². The van der Waals surface area contributed by atoms with Gasteiger partial charge in [0.25, 0.3) is 0 Å². The maximum absolute atomic E-state index is 13.6. The summed E-state index contributed by atoms with van der Waals surface area (Å²) in [7, 11) is 0. The molecule has 8 N–H and O–H groups in total. The van der Waals surface area contributed by atoms with E-state index >= 15 is 0 Å². The van der Waals surface area contributed by atoms with Crippen molar-refractivity contribution >= 4 is 11.0 Å². The Hall–Kier alpha value is -3.47. The smallest absolute Gasteiger partial charge is 0.239 e. The molecule has 9 atom stereocenters. The first-order valence-corrected chi connectivity index (χ1v) is 12.3. The summed E-state index contributed by atoms with van der Waals surface area (Å²) in [6.07, 6.45) is -13.3. The van der Waals surface area contributed by atoms with Crippen molar-refractivity contribution in [1.29, 1.82) is 0 Å². The third kappa shape index (κ3) is 5.07. The fourth-order valence-corrected chi connectivity index (χ4v) is 4.48. The van der Waals surface area contributed by atoms with Crippen molar-refractivity contribution in [3.63, 3.8) is 0 Å². The monoisotopic (exact) mass is 564 g/mol. The molecule has 2 saturated heterocycles. The molecule has 2 aromatic carbocycles. The van der Waals surface area contributed by atoms with E-state index in [9.17, 15) is 45.6 Å². The molecule has 0 saturated carbocycles. The van der Waals surface area contributed by atoms with Crippen LogP contribution in [0.2, 0.25) is 0 Å². The summed E-state index contributed by atoms with van der Waals surface area (Å²) in [5.41, 5.74) is -0.860. The van der Waals surface area contributed by atoms with Crippen LogP contribution < -0.4 is 14.9 Å². The first kappa shape index (κ1) is 28.1. The van der Waals surface area contributed by atoms with E-state index in [4.69, 9.17) is 23.4 Å². The highest BCUT2D eigenvalue weighted by Crippen LogP contribution is 2.38. The highest BCUT2D eigenvalue weighted by atomic mass is 16.7. The molecule has 2 aliphatic rings. The molecule has 0 bridgehead atoms. The van der Waals surface area contributed by atoms with E-state index in [1.165, 1.54) is 37.3 Å². The van der Waals surface area contributed by atoms with Crippen molar-refractivity contribution in [1.82, 2.24) is 0 Å². The van der Waals surface area contributed by atoms with E-state index in [0.29, 0.717) is 0 Å². The van der Waals surface area contributed by atoms with Gasteiger partial charge in [0.2, 0.25) is 23.8 Å². The second kappa shape index (κ2) is 10.8. The summed E-state index contributed by atoms with van der Waals surface area (Å²) in [6, 6.07) is 7.69. The predicted molar refractivity (Wildman–Crippen MR) is 133 cm³/mol. The molecule has 1 aromatic heterocycles. The van der Waals surface area contributed by atoms with E-state index in [2.05, 4.69) is 0 Å². The number of ether oxygens (including phenoxy) is 4. The zero-order chi connectivity index (χ0) is 28.9. The number of rotatable bonds is 5. The molecular formula is C26H28O14. The Morgan fingerprint density at radius 3 is 2.20 bits per heavy atom. The molecule has 14 nitrogen and oxygen atoms in total. The Labute approximate surface area is 225 Å². The molecule has 0 aliphatic carbocycles. The second-order valence-electron chi connectivity index (χ2n) is 9.62. The summed E-state index contributed by atoms with van der Waals surface area (Å²) in [5, 5.41) is 80.5. The second-order valence-corrected chi connectivity index (χ2v) is 9.62. The van der Waals surface area contributed by atoms with Gasteiger partial charge in [0, 0.05) is 17.7 Å². The van der Waals surface area contributed by atoms with Gasteiger partial charge in [-0.1, -0.05) is 0 Å². The van der Waals surface area contributed by atoms with Gasteiger partial charge in [-0.2, -0.15) is 0 Å². The number of aliphatic hydroxyl groups is 6. The van der Waals surface area contributed by atoms with Gasteiger partial charge in [0.05, 0.1) is 12.7 Å². The normalized spacial score (nSPS) is 32.6. The molecule has 0 amide bonds. The van der Waals surface area contributed by atoms with Gasteiger partial charge < -0.3 is 64.2 Å². The third-order valence-electron chi connectivity index (χ3n) is 6.78. The molecule has 5 rings (SSSR count). The topological polar surface area (TPSA) is 229 Å². The average Bonchev–Trinajstić information content (AvgIpc) is 2.92. The van der Waals surface area contributed by atoms with E-state index in [1.54, 1.807) is 0 Å². The van der Waals surface area contributed by atoms with Crippen molar-refractivity contribution in [3.05, 3.63) is 46.6 Å². The van der Waals surface area contributed by atoms with Gasteiger partial charge in [-0.3, -0.25) is 4.79 Å². The first-order valence-electron chi connectivity index (χ1n) is 12.3. The van der Waals surface area contributed by atoms with Crippen molar-refractivity contribution in [2.45, 2.75) is 62.2 Å². The molecule has 3 aromatic rings. The largest absolute Gasteiger partial charge is 0.508 e. The highest BCUT2D eigenvalue weighted by molar-refractivity contribution is 5.88. The number of hydrogen-bond donors (Lipinski definition) is 8. The molecule has 14 heteroatoms. The lowest BCUT2D eigenvalue weighted by molar-refractivity contribution is -0.268. The Balaban J connectivity index is 1.58. The van der Waals surface area contributed by atoms with Crippen LogP contribution in [0.25, 0.3) is 22.3 Å². The molecule has 216 valence electrons. The number of hydrogen-bond acceptors (Lipinski definition) is 14. The van der Waals surface area contributed by atoms with Crippen LogP contribution in [0.1, 0.15) is 6.92 Å². The molecule has 2 aliphatic heterocycles. The van der Waals surface area contributed by atoms with Crippen LogP contribution in [0.15, 0.2) is 45.6 Å². The molecule has 40 heavy (non-hydrogen) atoms. The number of aromatic hydroxyl groups is 2. The predicted octanol–water partition coefficient (Wildman–Crippen LogP) is -1.10. The Morgan fingerprint density at radius 2 is 1.50 bits per heavy atom. The number of phenolic OH excluding ortho intramolecular Hbond substituents is 2. The fraction of sp³-hybridized carbons (Fsp3) is 0.423. The summed E-state index contributed by atoms with van der Waals surface area (Å²) < 4.78 is 27.9. The van der Waals surface area contributed by atoms with Gasteiger partial charge in [0.1, 0.15) is 64.8 Å². The number of benzene rings is 2. The molecule has 9 unspecified atom stereocenters. The fourth-order valence-electron chi connectivity index (χ4n) is 4.48. The van der Waals surface area contributed by atoms with Crippen LogP contribution in [0.3, 0.4) is 0 Å². The molecule has 3 heterocycles. The number of aliphatic hydroxyl groups excluding tert-OH is 6. The van der Waals surface area contributed by atoms with Crippen LogP contribution in [0.5, 0.6) is 23.0 Å². The SMILES string of the molecule is CC1OC(Oc2cc(O)c3c(=O)c(OC4OCC(O)C(O)C4O)c(-c4ccc(O)cc4)oc3c2)C(O)C(O)C1O. The Bertz CT molecular complexity index is 1420. The van der Waals surface area contributed by atoms with E-state index in [0.717, 1.165) is 6.07 Å². The molecular weight excluding hydrogens is 536 g/mol. The maximum Gasteiger partial charge on any atom is 0.239 e. The van der Waals surface area contributed by atoms with Gasteiger partial charge >= 0.3 is 0 Å². The summed E-state index contributed by atoms with van der Waals surface area (Å²) in [4.78, 5) is 13.6. The lowest BCUT2D eigenvalue weighted by Crippen LogP contribution is -2.58. The van der Waals surface area contributed by atoms with Crippen LogP contribution in [-0.4, -0.2) is 103 Å². The van der Waals surface area contributed by atoms with Crippen molar-refractivity contribution in [3.8, 4) is 34.3 Å². The standard InChI is InChI=1S/C26H28O14/c1-9-17(30)20(33)22(35)26(37-9)38-12-6-13(28)16-15(7-12)39-23(10-2-4-11(27)5-3-10)24(19(16)32)40-25-21(34)18(31)14(29)8-36-25/h2-7,9,14,17-18,20-22,25-31,33-35H,8H2,1H3. The third-order valence-corrected chi connectivity index (χ3v) is 6.78. The first-order chi connectivity index (χ1) is 19.0. The van der Waals surface area contributed by atoms with Gasteiger partial charge in [-0.15, -0.1) is 0 Å².